The lowest BCUT2D eigenvalue weighted by Crippen LogP contribution is -2.33. The molecule has 2 N–H and O–H groups in total. The molecule has 0 saturated heterocycles. The molecule has 0 unspecified atom stereocenters. The number of likely N-dealkylation sites (N-methyl/N-ethyl adjacent to an activating group) is 1. The Morgan fingerprint density at radius 2 is 2.28 bits per heavy atom. The van der Waals surface area contributed by atoms with E-state index in [-0.39, 0.29) is 5.56 Å². The van der Waals surface area contributed by atoms with E-state index in [1.807, 2.05) is 22.6 Å². The van der Waals surface area contributed by atoms with E-state index in [9.17, 15) is 4.79 Å². The molecule has 0 spiro atoms. The van der Waals surface area contributed by atoms with E-state index < -0.39 is 0 Å². The van der Waals surface area contributed by atoms with Gasteiger partial charge in [0.1, 0.15) is 9.39 Å². The molecule has 0 amide bonds. The van der Waals surface area contributed by atoms with Gasteiger partial charge in [-0.1, -0.05) is 12.8 Å². The molecule has 1 aliphatic carbocycles. The fourth-order valence-electron chi connectivity index (χ4n) is 2.38. The number of H-pyrrole nitrogens is 1. The van der Waals surface area contributed by atoms with Gasteiger partial charge in [0.05, 0.1) is 6.33 Å². The van der Waals surface area contributed by atoms with Crippen molar-refractivity contribution in [1.29, 1.82) is 0 Å². The predicted octanol–water partition coefficient (Wildman–Crippen LogP) is 1.66. The third-order valence-electron chi connectivity index (χ3n) is 3.50. The molecule has 18 heavy (non-hydrogen) atoms. The van der Waals surface area contributed by atoms with E-state index in [0.717, 1.165) is 19.1 Å². The molecule has 2 rings (SSSR count). The lowest BCUT2D eigenvalue weighted by Gasteiger charge is -2.24. The number of hydrogen-bond donors (Lipinski definition) is 2. The molecule has 6 heteroatoms. The summed E-state index contributed by atoms with van der Waals surface area (Å²) in [7, 11) is 2.17. The molecule has 0 atom stereocenters. The van der Waals surface area contributed by atoms with Gasteiger partial charge in [-0.25, -0.2) is 4.98 Å². The second-order valence-corrected chi connectivity index (χ2v) is 5.82. The molecule has 0 radical (unpaired) electrons. The first-order chi connectivity index (χ1) is 8.68. The zero-order valence-electron chi connectivity index (χ0n) is 10.6. The molecule has 1 aromatic heterocycles. The van der Waals surface area contributed by atoms with Gasteiger partial charge in [0.25, 0.3) is 5.56 Å². The van der Waals surface area contributed by atoms with Gasteiger partial charge < -0.3 is 15.2 Å². The van der Waals surface area contributed by atoms with Crippen LogP contribution in [0.15, 0.2) is 11.1 Å². The van der Waals surface area contributed by atoms with Gasteiger partial charge in [-0.15, -0.1) is 0 Å². The van der Waals surface area contributed by atoms with Gasteiger partial charge in [-0.3, -0.25) is 4.79 Å². The summed E-state index contributed by atoms with van der Waals surface area (Å²) >= 11 is 2.02. The number of nitrogens with one attached hydrogen (secondary N) is 2. The molecule has 0 bridgehead atoms. The van der Waals surface area contributed by atoms with Crippen LogP contribution >= 0.6 is 22.6 Å². The summed E-state index contributed by atoms with van der Waals surface area (Å²) in [6.45, 7) is 1.80. The maximum absolute atomic E-state index is 11.4. The van der Waals surface area contributed by atoms with Crippen LogP contribution in [0.25, 0.3) is 0 Å². The smallest absolute Gasteiger partial charge is 0.266 e. The third kappa shape index (κ3) is 3.44. The van der Waals surface area contributed by atoms with Crippen LogP contribution in [0.1, 0.15) is 25.7 Å². The van der Waals surface area contributed by atoms with Crippen molar-refractivity contribution < 1.29 is 0 Å². The minimum Gasteiger partial charge on any atom is -0.368 e. The summed E-state index contributed by atoms with van der Waals surface area (Å²) in [5.74, 6) is 0.680. The van der Waals surface area contributed by atoms with Gasteiger partial charge in [-0.05, 0) is 42.5 Å². The fourth-order valence-corrected chi connectivity index (χ4v) is 2.87. The molecular weight excluding hydrogens is 343 g/mol. The van der Waals surface area contributed by atoms with Crippen molar-refractivity contribution in [1.82, 2.24) is 14.9 Å². The Balaban J connectivity index is 1.81. The number of aromatic amines is 1. The molecule has 5 nitrogen and oxygen atoms in total. The number of nitrogens with zero attached hydrogens (tertiary/aromatic N) is 2. The van der Waals surface area contributed by atoms with E-state index in [2.05, 4.69) is 27.2 Å². The first kappa shape index (κ1) is 13.8. The predicted molar refractivity (Wildman–Crippen MR) is 81.0 cm³/mol. The van der Waals surface area contributed by atoms with Crippen LogP contribution in [0.2, 0.25) is 0 Å². The van der Waals surface area contributed by atoms with Crippen LogP contribution in [-0.4, -0.2) is 41.0 Å². The Bertz CT molecular complexity index is 442. The average molecular weight is 362 g/mol. The van der Waals surface area contributed by atoms with Crippen molar-refractivity contribution in [2.45, 2.75) is 31.7 Å². The summed E-state index contributed by atoms with van der Waals surface area (Å²) in [5, 5.41) is 3.23. The summed E-state index contributed by atoms with van der Waals surface area (Å²) in [6, 6.07) is 0.734. The zero-order valence-corrected chi connectivity index (χ0v) is 12.7. The summed E-state index contributed by atoms with van der Waals surface area (Å²) in [5.41, 5.74) is -0.0859. The summed E-state index contributed by atoms with van der Waals surface area (Å²) < 4.78 is 0.624. The second kappa shape index (κ2) is 6.51. The van der Waals surface area contributed by atoms with E-state index in [0.29, 0.717) is 9.39 Å². The maximum atomic E-state index is 11.4. The quantitative estimate of drug-likeness (QED) is 0.783. The van der Waals surface area contributed by atoms with E-state index in [1.54, 1.807) is 0 Å². The normalized spacial score (nSPS) is 16.4. The Kier molecular flexibility index (Phi) is 4.99. The van der Waals surface area contributed by atoms with Crippen molar-refractivity contribution in [2.75, 3.05) is 25.5 Å². The lowest BCUT2D eigenvalue weighted by atomic mass is 10.2. The van der Waals surface area contributed by atoms with Crippen LogP contribution in [-0.2, 0) is 0 Å². The van der Waals surface area contributed by atoms with E-state index >= 15 is 0 Å². The summed E-state index contributed by atoms with van der Waals surface area (Å²) in [6.07, 6.45) is 6.79. The van der Waals surface area contributed by atoms with Gasteiger partial charge in [0.15, 0.2) is 0 Å². The second-order valence-electron chi connectivity index (χ2n) is 4.74. The number of aromatic nitrogens is 2. The first-order valence-corrected chi connectivity index (χ1v) is 7.43. The highest BCUT2D eigenvalue weighted by molar-refractivity contribution is 14.1. The van der Waals surface area contributed by atoms with Crippen molar-refractivity contribution in [3.63, 3.8) is 0 Å². The van der Waals surface area contributed by atoms with Crippen LogP contribution in [0.4, 0.5) is 5.82 Å². The molecule has 100 valence electrons. The Morgan fingerprint density at radius 3 is 3.00 bits per heavy atom. The largest absolute Gasteiger partial charge is 0.368 e. The molecule has 0 aliphatic heterocycles. The number of rotatable bonds is 5. The molecule has 1 saturated carbocycles. The SMILES string of the molecule is CN(CCNc1nc[nH]c(=O)c1I)C1CCCC1. The van der Waals surface area contributed by atoms with Crippen LogP contribution < -0.4 is 10.9 Å². The topological polar surface area (TPSA) is 61.0 Å². The average Bonchev–Trinajstić information content (AvgIpc) is 2.88. The van der Waals surface area contributed by atoms with Crippen molar-refractivity contribution >= 4 is 28.4 Å². The Morgan fingerprint density at radius 1 is 1.56 bits per heavy atom. The van der Waals surface area contributed by atoms with Crippen molar-refractivity contribution in [3.8, 4) is 0 Å². The van der Waals surface area contributed by atoms with Gasteiger partial charge in [-0.2, -0.15) is 0 Å². The van der Waals surface area contributed by atoms with E-state index in [1.165, 1.54) is 32.0 Å². The standard InChI is InChI=1S/C12H19IN4O/c1-17(9-4-2-3-5-9)7-6-14-11-10(13)12(18)16-8-15-11/h8-9H,2-7H2,1H3,(H2,14,15,16,18). The van der Waals surface area contributed by atoms with Crippen LogP contribution in [0.3, 0.4) is 0 Å². The highest BCUT2D eigenvalue weighted by Crippen LogP contribution is 2.21. The van der Waals surface area contributed by atoms with Crippen molar-refractivity contribution in [3.05, 3.63) is 20.3 Å². The van der Waals surface area contributed by atoms with E-state index in [4.69, 9.17) is 0 Å². The molecule has 1 aliphatic rings. The number of anilines is 1. The minimum atomic E-state index is -0.0859. The van der Waals surface area contributed by atoms with Gasteiger partial charge in [0, 0.05) is 19.1 Å². The maximum Gasteiger partial charge on any atom is 0.266 e. The minimum absolute atomic E-state index is 0.0859. The Labute approximate surface area is 121 Å². The molecule has 0 aromatic carbocycles. The highest BCUT2D eigenvalue weighted by atomic mass is 127. The van der Waals surface area contributed by atoms with Crippen molar-refractivity contribution in [2.24, 2.45) is 0 Å². The molecule has 1 fully saturated rings. The lowest BCUT2D eigenvalue weighted by molar-refractivity contribution is 0.254. The van der Waals surface area contributed by atoms with Gasteiger partial charge in [0.2, 0.25) is 0 Å². The third-order valence-corrected chi connectivity index (χ3v) is 4.50. The zero-order chi connectivity index (χ0) is 13.0. The monoisotopic (exact) mass is 362 g/mol. The first-order valence-electron chi connectivity index (χ1n) is 6.36. The highest BCUT2D eigenvalue weighted by Gasteiger charge is 2.18. The van der Waals surface area contributed by atoms with Crippen LogP contribution in [0.5, 0.6) is 0 Å². The number of hydrogen-bond acceptors (Lipinski definition) is 4. The van der Waals surface area contributed by atoms with Crippen LogP contribution in [0, 0.1) is 3.57 Å². The molecule has 1 aromatic rings. The summed E-state index contributed by atoms with van der Waals surface area (Å²) in [4.78, 5) is 20.5. The van der Waals surface area contributed by atoms with Gasteiger partial charge >= 0.3 is 0 Å². The fraction of sp³-hybridized carbons (Fsp3) is 0.667. The number of halogens is 1. The molecule has 1 heterocycles. The Hall–Kier alpha value is -0.630. The molecular formula is C12H19IN4O.